The van der Waals surface area contributed by atoms with Gasteiger partial charge in [-0.25, -0.2) is 8.78 Å². The van der Waals surface area contributed by atoms with Crippen LogP contribution >= 0.6 is 12.2 Å². The molecule has 2 N–H and O–H groups in total. The highest BCUT2D eigenvalue weighted by molar-refractivity contribution is 7.80. The van der Waals surface area contributed by atoms with Crippen LogP contribution in [0.3, 0.4) is 0 Å². The first-order valence-corrected chi connectivity index (χ1v) is 6.16. The van der Waals surface area contributed by atoms with E-state index in [1.807, 2.05) is 0 Å². The maximum Gasteiger partial charge on any atom is 0.191 e. The molecular weight excluding hydrogens is 280 g/mol. The van der Waals surface area contributed by atoms with Crippen molar-refractivity contribution in [3.05, 3.63) is 65.7 Å². The number of para-hydroxylation sites is 1. The van der Waals surface area contributed by atoms with Gasteiger partial charge in [-0.1, -0.05) is 24.3 Å². The summed E-state index contributed by atoms with van der Waals surface area (Å²) in [6.45, 7) is 0. The van der Waals surface area contributed by atoms with E-state index >= 15 is 0 Å². The lowest BCUT2D eigenvalue weighted by Gasteiger charge is -2.07. The molecule has 0 heterocycles. The molecule has 0 amide bonds. The second-order valence-electron chi connectivity index (χ2n) is 3.86. The van der Waals surface area contributed by atoms with Crippen LogP contribution in [0.25, 0.3) is 0 Å². The zero-order valence-electron chi connectivity index (χ0n) is 10.3. The van der Waals surface area contributed by atoms with Crippen molar-refractivity contribution in [1.29, 1.82) is 0 Å². The summed E-state index contributed by atoms with van der Waals surface area (Å²) in [7, 11) is 0. The Morgan fingerprint density at radius 3 is 2.65 bits per heavy atom. The van der Waals surface area contributed by atoms with E-state index in [1.165, 1.54) is 24.4 Å². The summed E-state index contributed by atoms with van der Waals surface area (Å²) in [5.41, 5.74) is 3.37. The van der Waals surface area contributed by atoms with E-state index in [0.29, 0.717) is 5.56 Å². The molecule has 0 saturated heterocycles. The van der Waals surface area contributed by atoms with Crippen LogP contribution < -0.4 is 10.7 Å². The van der Waals surface area contributed by atoms with Gasteiger partial charge in [-0.3, -0.25) is 5.43 Å². The highest BCUT2D eigenvalue weighted by atomic mass is 32.1. The van der Waals surface area contributed by atoms with Gasteiger partial charge >= 0.3 is 0 Å². The number of thiocarbonyl (C=S) groups is 1. The van der Waals surface area contributed by atoms with Crippen LogP contribution in [0.15, 0.2) is 53.6 Å². The lowest BCUT2D eigenvalue weighted by atomic mass is 10.2. The van der Waals surface area contributed by atoms with Crippen LogP contribution in [-0.4, -0.2) is 11.3 Å². The third-order valence-corrected chi connectivity index (χ3v) is 2.54. The molecule has 0 atom stereocenters. The molecule has 0 bridgehead atoms. The van der Waals surface area contributed by atoms with Gasteiger partial charge in [0.1, 0.15) is 11.6 Å². The van der Waals surface area contributed by atoms with Gasteiger partial charge in [0, 0.05) is 0 Å². The van der Waals surface area contributed by atoms with Crippen LogP contribution in [0, 0.1) is 11.6 Å². The van der Waals surface area contributed by atoms with Gasteiger partial charge in [-0.2, -0.15) is 5.10 Å². The highest BCUT2D eigenvalue weighted by Crippen LogP contribution is 2.11. The standard InChI is InChI=1S/C14H11F2N3S/c15-11-5-3-4-10(8-11)9-17-19-14(20)18-13-7-2-1-6-12(13)16/h1-9H,(H2,18,19,20)/b17-9-. The molecule has 2 rings (SSSR count). The number of nitrogens with one attached hydrogen (secondary N) is 2. The van der Waals surface area contributed by atoms with E-state index < -0.39 is 5.82 Å². The van der Waals surface area contributed by atoms with Crippen LogP contribution in [0.2, 0.25) is 0 Å². The molecule has 2 aromatic rings. The Balaban J connectivity index is 1.91. The molecule has 20 heavy (non-hydrogen) atoms. The Hall–Kier alpha value is -2.34. The van der Waals surface area contributed by atoms with Gasteiger partial charge in [0.05, 0.1) is 11.9 Å². The molecule has 102 valence electrons. The van der Waals surface area contributed by atoms with Gasteiger partial charge in [-0.05, 0) is 42.0 Å². The molecule has 0 unspecified atom stereocenters. The first-order chi connectivity index (χ1) is 9.65. The zero-order chi connectivity index (χ0) is 14.4. The van der Waals surface area contributed by atoms with E-state index in [9.17, 15) is 8.78 Å². The average Bonchev–Trinajstić information content (AvgIpc) is 2.41. The molecule has 0 aromatic heterocycles. The maximum atomic E-state index is 13.4. The van der Waals surface area contributed by atoms with Gasteiger partial charge in [-0.15, -0.1) is 0 Å². The second kappa shape index (κ2) is 6.72. The van der Waals surface area contributed by atoms with Crippen molar-refractivity contribution in [2.45, 2.75) is 0 Å². The highest BCUT2D eigenvalue weighted by Gasteiger charge is 2.01. The van der Waals surface area contributed by atoms with Crippen molar-refractivity contribution in [2.75, 3.05) is 5.32 Å². The summed E-state index contributed by atoms with van der Waals surface area (Å²) in [5, 5.41) is 6.65. The fourth-order valence-corrected chi connectivity index (χ4v) is 1.63. The molecule has 0 saturated carbocycles. The number of halogens is 2. The summed E-state index contributed by atoms with van der Waals surface area (Å²) in [6, 6.07) is 12.1. The van der Waals surface area contributed by atoms with E-state index in [-0.39, 0.29) is 16.6 Å². The van der Waals surface area contributed by atoms with Gasteiger partial charge in [0.25, 0.3) is 0 Å². The minimum absolute atomic E-state index is 0.141. The lowest BCUT2D eigenvalue weighted by molar-refractivity contribution is 0.627. The minimum atomic E-state index is -0.411. The first-order valence-electron chi connectivity index (χ1n) is 5.75. The van der Waals surface area contributed by atoms with Crippen molar-refractivity contribution in [3.8, 4) is 0 Å². The molecule has 3 nitrogen and oxygen atoms in total. The molecule has 0 aliphatic heterocycles. The monoisotopic (exact) mass is 291 g/mol. The maximum absolute atomic E-state index is 13.4. The van der Waals surface area contributed by atoms with Gasteiger partial charge in [0.2, 0.25) is 0 Å². The summed E-state index contributed by atoms with van der Waals surface area (Å²) in [4.78, 5) is 0. The molecule has 6 heteroatoms. The largest absolute Gasteiger partial charge is 0.329 e. The molecular formula is C14H11F2N3S. The van der Waals surface area contributed by atoms with E-state index in [0.717, 1.165) is 0 Å². The number of hydrogen-bond acceptors (Lipinski definition) is 2. The summed E-state index contributed by atoms with van der Waals surface area (Å²) in [5.74, 6) is -0.758. The number of nitrogens with zero attached hydrogens (tertiary/aromatic N) is 1. The number of rotatable bonds is 3. The zero-order valence-corrected chi connectivity index (χ0v) is 11.1. The van der Waals surface area contributed by atoms with Crippen LogP contribution in [0.4, 0.5) is 14.5 Å². The average molecular weight is 291 g/mol. The molecule has 2 aromatic carbocycles. The summed E-state index contributed by atoms with van der Waals surface area (Å²) < 4.78 is 26.3. The van der Waals surface area contributed by atoms with Crippen LogP contribution in [-0.2, 0) is 0 Å². The van der Waals surface area contributed by atoms with Crippen molar-refractivity contribution < 1.29 is 8.78 Å². The van der Waals surface area contributed by atoms with E-state index in [2.05, 4.69) is 15.8 Å². The second-order valence-corrected chi connectivity index (χ2v) is 4.27. The normalized spacial score (nSPS) is 10.5. The number of hydrogen-bond donors (Lipinski definition) is 2. The van der Waals surface area contributed by atoms with E-state index in [1.54, 1.807) is 30.3 Å². The van der Waals surface area contributed by atoms with Gasteiger partial charge < -0.3 is 5.32 Å². The summed E-state index contributed by atoms with van der Waals surface area (Å²) in [6.07, 6.45) is 1.42. The molecule has 0 aliphatic carbocycles. The van der Waals surface area contributed by atoms with Crippen LogP contribution in [0.5, 0.6) is 0 Å². The van der Waals surface area contributed by atoms with Crippen molar-refractivity contribution in [3.63, 3.8) is 0 Å². The van der Waals surface area contributed by atoms with Crippen molar-refractivity contribution >= 4 is 29.2 Å². The Bertz CT molecular complexity index is 644. The fourth-order valence-electron chi connectivity index (χ4n) is 1.47. The fraction of sp³-hybridized carbons (Fsp3) is 0. The van der Waals surface area contributed by atoms with Crippen LogP contribution in [0.1, 0.15) is 5.56 Å². The Morgan fingerprint density at radius 1 is 1.10 bits per heavy atom. The Kier molecular flexibility index (Phi) is 4.73. The topological polar surface area (TPSA) is 36.4 Å². The molecule has 0 radical (unpaired) electrons. The first kappa shape index (κ1) is 14.1. The SMILES string of the molecule is Fc1cccc(/C=N\NC(=S)Nc2ccccc2F)c1. The predicted molar refractivity (Wildman–Crippen MR) is 79.8 cm³/mol. The molecule has 0 spiro atoms. The van der Waals surface area contributed by atoms with Crippen molar-refractivity contribution in [2.24, 2.45) is 5.10 Å². The number of anilines is 1. The third kappa shape index (κ3) is 4.10. The predicted octanol–water partition coefficient (Wildman–Crippen LogP) is 3.29. The quantitative estimate of drug-likeness (QED) is 0.517. The molecule has 0 aliphatic rings. The number of hydrazone groups is 1. The number of benzene rings is 2. The molecule has 0 fully saturated rings. The Morgan fingerprint density at radius 2 is 1.90 bits per heavy atom. The van der Waals surface area contributed by atoms with E-state index in [4.69, 9.17) is 12.2 Å². The Labute approximate surface area is 120 Å². The minimum Gasteiger partial charge on any atom is -0.329 e. The van der Waals surface area contributed by atoms with Gasteiger partial charge in [0.15, 0.2) is 5.11 Å². The smallest absolute Gasteiger partial charge is 0.191 e. The lowest BCUT2D eigenvalue weighted by Crippen LogP contribution is -2.24. The summed E-state index contributed by atoms with van der Waals surface area (Å²) >= 11 is 4.96. The van der Waals surface area contributed by atoms with Crippen molar-refractivity contribution in [1.82, 2.24) is 5.43 Å². The third-order valence-electron chi connectivity index (χ3n) is 2.35.